The SMILES string of the molecule is COc1ccc(-c2nc(C(=O)OCC(=O)N3CCc4ccccc4C3)cs2)cc1. The molecule has 6 nitrogen and oxygen atoms in total. The van der Waals surface area contributed by atoms with Crippen LogP contribution < -0.4 is 4.74 Å². The van der Waals surface area contributed by atoms with Crippen LogP contribution in [0.25, 0.3) is 10.6 Å². The highest BCUT2D eigenvalue weighted by Gasteiger charge is 2.22. The fourth-order valence-electron chi connectivity index (χ4n) is 3.23. The molecule has 0 aliphatic carbocycles. The number of carbonyl (C=O) groups is 2. The number of carbonyl (C=O) groups excluding carboxylic acids is 2. The van der Waals surface area contributed by atoms with E-state index in [0.717, 1.165) is 23.3 Å². The van der Waals surface area contributed by atoms with Crippen LogP contribution in [0.2, 0.25) is 0 Å². The Hall–Kier alpha value is -3.19. The minimum atomic E-state index is -0.591. The number of esters is 1. The first kappa shape index (κ1) is 19.1. The number of nitrogens with zero attached hydrogens (tertiary/aromatic N) is 2. The largest absolute Gasteiger partial charge is 0.497 e. The summed E-state index contributed by atoms with van der Waals surface area (Å²) in [6.07, 6.45) is 0.813. The fourth-order valence-corrected chi connectivity index (χ4v) is 4.03. The van der Waals surface area contributed by atoms with E-state index in [2.05, 4.69) is 11.1 Å². The zero-order chi connectivity index (χ0) is 20.2. The van der Waals surface area contributed by atoms with E-state index in [4.69, 9.17) is 9.47 Å². The predicted molar refractivity (Wildman–Crippen MR) is 110 cm³/mol. The number of ether oxygens (including phenoxy) is 2. The average Bonchev–Trinajstić information content (AvgIpc) is 3.27. The maximum atomic E-state index is 12.4. The van der Waals surface area contributed by atoms with Gasteiger partial charge in [-0.15, -0.1) is 11.3 Å². The molecule has 0 bridgehead atoms. The van der Waals surface area contributed by atoms with Gasteiger partial charge in [0.05, 0.1) is 7.11 Å². The Bertz CT molecular complexity index is 1030. The van der Waals surface area contributed by atoms with Gasteiger partial charge in [-0.25, -0.2) is 9.78 Å². The molecule has 1 aromatic heterocycles. The molecule has 0 radical (unpaired) electrons. The number of amides is 1. The van der Waals surface area contributed by atoms with E-state index in [0.29, 0.717) is 18.1 Å². The van der Waals surface area contributed by atoms with Gasteiger partial charge in [-0.2, -0.15) is 0 Å². The first-order valence-corrected chi connectivity index (χ1v) is 10.1. The third-order valence-corrected chi connectivity index (χ3v) is 5.75. The summed E-state index contributed by atoms with van der Waals surface area (Å²) in [5.74, 6) is -0.0333. The second kappa shape index (κ2) is 8.45. The van der Waals surface area contributed by atoms with Crippen LogP contribution in [-0.2, 0) is 22.5 Å². The summed E-state index contributed by atoms with van der Waals surface area (Å²) >= 11 is 1.35. The van der Waals surface area contributed by atoms with Crippen molar-refractivity contribution < 1.29 is 19.1 Å². The van der Waals surface area contributed by atoms with Crippen molar-refractivity contribution >= 4 is 23.2 Å². The molecular weight excluding hydrogens is 388 g/mol. The molecule has 7 heteroatoms. The molecule has 148 valence electrons. The Labute approximate surface area is 172 Å². The van der Waals surface area contributed by atoms with Crippen LogP contribution in [0.4, 0.5) is 0 Å². The normalized spacial score (nSPS) is 12.9. The van der Waals surface area contributed by atoms with Crippen molar-refractivity contribution in [2.45, 2.75) is 13.0 Å². The molecular formula is C22H20N2O4S. The molecule has 0 unspecified atom stereocenters. The zero-order valence-corrected chi connectivity index (χ0v) is 16.8. The minimum Gasteiger partial charge on any atom is -0.497 e. The van der Waals surface area contributed by atoms with Crippen LogP contribution in [0, 0.1) is 0 Å². The second-order valence-electron chi connectivity index (χ2n) is 6.68. The van der Waals surface area contributed by atoms with E-state index < -0.39 is 5.97 Å². The van der Waals surface area contributed by atoms with Crippen molar-refractivity contribution in [1.29, 1.82) is 0 Å². The first-order valence-electron chi connectivity index (χ1n) is 9.25. The molecule has 1 amide bonds. The summed E-state index contributed by atoms with van der Waals surface area (Å²) < 4.78 is 10.4. The molecule has 2 aromatic carbocycles. The summed E-state index contributed by atoms with van der Waals surface area (Å²) in [7, 11) is 1.61. The number of methoxy groups -OCH3 is 1. The van der Waals surface area contributed by atoms with Crippen molar-refractivity contribution in [3.05, 3.63) is 70.7 Å². The van der Waals surface area contributed by atoms with E-state index in [9.17, 15) is 9.59 Å². The van der Waals surface area contributed by atoms with E-state index in [-0.39, 0.29) is 18.2 Å². The lowest BCUT2D eigenvalue weighted by Crippen LogP contribution is -2.38. The molecule has 29 heavy (non-hydrogen) atoms. The van der Waals surface area contributed by atoms with Crippen LogP contribution in [0.15, 0.2) is 53.9 Å². The Morgan fingerprint density at radius 2 is 1.86 bits per heavy atom. The van der Waals surface area contributed by atoms with Gasteiger partial charge in [0.15, 0.2) is 12.3 Å². The zero-order valence-electron chi connectivity index (χ0n) is 16.0. The highest BCUT2D eigenvalue weighted by Crippen LogP contribution is 2.26. The first-order chi connectivity index (χ1) is 14.1. The third-order valence-electron chi connectivity index (χ3n) is 4.86. The third kappa shape index (κ3) is 4.30. The van der Waals surface area contributed by atoms with Crippen LogP contribution in [0.5, 0.6) is 5.75 Å². The molecule has 0 saturated heterocycles. The molecule has 2 heterocycles. The van der Waals surface area contributed by atoms with Gasteiger partial charge < -0.3 is 14.4 Å². The van der Waals surface area contributed by atoms with E-state index in [1.807, 2.05) is 42.5 Å². The van der Waals surface area contributed by atoms with Crippen LogP contribution in [0.1, 0.15) is 21.6 Å². The predicted octanol–water partition coefficient (Wildman–Crippen LogP) is 3.56. The van der Waals surface area contributed by atoms with Gasteiger partial charge in [-0.1, -0.05) is 24.3 Å². The molecule has 0 N–H and O–H groups in total. The average molecular weight is 408 g/mol. The Morgan fingerprint density at radius 1 is 1.10 bits per heavy atom. The smallest absolute Gasteiger partial charge is 0.358 e. The highest BCUT2D eigenvalue weighted by molar-refractivity contribution is 7.13. The van der Waals surface area contributed by atoms with Gasteiger partial charge in [-0.05, 0) is 41.8 Å². The van der Waals surface area contributed by atoms with Crippen molar-refractivity contribution in [2.24, 2.45) is 0 Å². The minimum absolute atomic E-state index is 0.196. The van der Waals surface area contributed by atoms with Crippen LogP contribution in [0.3, 0.4) is 0 Å². The van der Waals surface area contributed by atoms with Gasteiger partial charge in [0.2, 0.25) is 0 Å². The van der Waals surface area contributed by atoms with Gasteiger partial charge in [0.25, 0.3) is 5.91 Å². The fraction of sp³-hybridized carbons (Fsp3) is 0.227. The molecule has 1 aliphatic rings. The number of rotatable bonds is 5. The van der Waals surface area contributed by atoms with Crippen molar-refractivity contribution in [1.82, 2.24) is 9.88 Å². The summed E-state index contributed by atoms with van der Waals surface area (Å²) in [4.78, 5) is 30.8. The van der Waals surface area contributed by atoms with E-state index in [1.165, 1.54) is 16.9 Å². The quantitative estimate of drug-likeness (QED) is 0.604. The van der Waals surface area contributed by atoms with E-state index in [1.54, 1.807) is 17.4 Å². The number of hydrogen-bond acceptors (Lipinski definition) is 6. The molecule has 0 spiro atoms. The standard InChI is InChI=1S/C22H20N2O4S/c1-27-18-8-6-16(7-9-18)21-23-19(14-29-21)22(26)28-13-20(25)24-11-10-15-4-2-3-5-17(15)12-24/h2-9,14H,10-13H2,1H3. The number of hydrogen-bond donors (Lipinski definition) is 0. The molecule has 0 saturated carbocycles. The Morgan fingerprint density at radius 3 is 2.62 bits per heavy atom. The molecule has 0 fully saturated rings. The van der Waals surface area contributed by atoms with Crippen molar-refractivity contribution in [3.63, 3.8) is 0 Å². The molecule has 4 rings (SSSR count). The lowest BCUT2D eigenvalue weighted by molar-refractivity contribution is -0.135. The van der Waals surface area contributed by atoms with Gasteiger partial charge in [0, 0.05) is 24.0 Å². The molecule has 1 aliphatic heterocycles. The maximum absolute atomic E-state index is 12.4. The summed E-state index contributed by atoms with van der Waals surface area (Å²) in [6, 6.07) is 15.5. The van der Waals surface area contributed by atoms with Crippen LogP contribution >= 0.6 is 11.3 Å². The Kier molecular flexibility index (Phi) is 5.57. The summed E-state index contributed by atoms with van der Waals surface area (Å²) in [5, 5.41) is 2.35. The lowest BCUT2D eigenvalue weighted by Gasteiger charge is -2.28. The monoisotopic (exact) mass is 408 g/mol. The summed E-state index contributed by atoms with van der Waals surface area (Å²) in [6.45, 7) is 0.896. The molecule has 3 aromatic rings. The topological polar surface area (TPSA) is 68.7 Å². The number of fused-ring (bicyclic) bond motifs is 1. The number of thiazole rings is 1. The van der Waals surface area contributed by atoms with Crippen molar-refractivity contribution in [2.75, 3.05) is 20.3 Å². The number of aromatic nitrogens is 1. The van der Waals surface area contributed by atoms with Gasteiger partial charge in [0.1, 0.15) is 10.8 Å². The number of benzene rings is 2. The van der Waals surface area contributed by atoms with Crippen molar-refractivity contribution in [3.8, 4) is 16.3 Å². The summed E-state index contributed by atoms with van der Waals surface area (Å²) in [5.41, 5.74) is 3.50. The lowest BCUT2D eigenvalue weighted by atomic mass is 10.00. The Balaban J connectivity index is 1.34. The second-order valence-corrected chi connectivity index (χ2v) is 7.53. The molecule has 0 atom stereocenters. The van der Waals surface area contributed by atoms with Crippen LogP contribution in [-0.4, -0.2) is 42.0 Å². The van der Waals surface area contributed by atoms with E-state index >= 15 is 0 Å². The van der Waals surface area contributed by atoms with Gasteiger partial charge in [-0.3, -0.25) is 4.79 Å². The maximum Gasteiger partial charge on any atom is 0.358 e. The highest BCUT2D eigenvalue weighted by atomic mass is 32.1. The van der Waals surface area contributed by atoms with Gasteiger partial charge >= 0.3 is 5.97 Å².